The molecule has 1 fully saturated rings. The van der Waals surface area contributed by atoms with Crippen LogP contribution >= 0.6 is 12.4 Å². The summed E-state index contributed by atoms with van der Waals surface area (Å²) in [5.41, 5.74) is 0.984. The van der Waals surface area contributed by atoms with E-state index < -0.39 is 4.92 Å². The van der Waals surface area contributed by atoms with Gasteiger partial charge < -0.3 is 10.1 Å². The van der Waals surface area contributed by atoms with Crippen LogP contribution < -0.4 is 10.1 Å². The van der Waals surface area contributed by atoms with Crippen molar-refractivity contribution in [2.75, 3.05) is 13.7 Å². The highest BCUT2D eigenvalue weighted by Crippen LogP contribution is 2.32. The predicted octanol–water partition coefficient (Wildman–Crippen LogP) is 2.06. The molecule has 0 bridgehead atoms. The van der Waals surface area contributed by atoms with Gasteiger partial charge in [0.15, 0.2) is 5.75 Å². The van der Waals surface area contributed by atoms with Gasteiger partial charge in [0.2, 0.25) is 0 Å². The molecule has 2 rings (SSSR count). The Morgan fingerprint density at radius 1 is 1.56 bits per heavy atom. The fourth-order valence-corrected chi connectivity index (χ4v) is 1.64. The van der Waals surface area contributed by atoms with Crippen molar-refractivity contribution in [1.82, 2.24) is 5.32 Å². The Labute approximate surface area is 99.4 Å². The third kappa shape index (κ3) is 2.25. The number of rotatable bonds is 3. The zero-order valence-electron chi connectivity index (χ0n) is 8.80. The Hall–Kier alpha value is -1.33. The summed E-state index contributed by atoms with van der Waals surface area (Å²) in [5.74, 6) is 0.308. The van der Waals surface area contributed by atoms with E-state index in [-0.39, 0.29) is 24.1 Å². The van der Waals surface area contributed by atoms with E-state index in [1.165, 1.54) is 7.11 Å². The van der Waals surface area contributed by atoms with Crippen molar-refractivity contribution in [2.24, 2.45) is 0 Å². The standard InChI is InChI=1S/C10H12N2O3.ClH/c1-15-10-3-2-7(8-4-5-11-8)6-9(10)12(13)14;/h2-3,6,8,11H,4-5H2,1H3;1H/t8-;/m1./s1. The van der Waals surface area contributed by atoms with Crippen molar-refractivity contribution in [2.45, 2.75) is 12.5 Å². The molecular weight excluding hydrogens is 232 g/mol. The Balaban J connectivity index is 0.00000128. The Bertz CT molecular complexity index is 394. The molecule has 0 spiro atoms. The monoisotopic (exact) mass is 244 g/mol. The van der Waals surface area contributed by atoms with Gasteiger partial charge in [-0.25, -0.2) is 0 Å². The number of ether oxygens (including phenoxy) is 1. The fourth-order valence-electron chi connectivity index (χ4n) is 1.64. The number of nitrogens with one attached hydrogen (secondary N) is 1. The van der Waals surface area contributed by atoms with Gasteiger partial charge in [0.25, 0.3) is 0 Å². The highest BCUT2D eigenvalue weighted by molar-refractivity contribution is 5.85. The maximum Gasteiger partial charge on any atom is 0.311 e. The maximum absolute atomic E-state index is 10.8. The van der Waals surface area contributed by atoms with Crippen molar-refractivity contribution in [3.05, 3.63) is 33.9 Å². The molecule has 1 saturated heterocycles. The van der Waals surface area contributed by atoms with Gasteiger partial charge in [0.05, 0.1) is 12.0 Å². The summed E-state index contributed by atoms with van der Waals surface area (Å²) in [7, 11) is 1.43. The fraction of sp³-hybridized carbons (Fsp3) is 0.400. The highest BCUT2D eigenvalue weighted by atomic mass is 35.5. The summed E-state index contributed by atoms with van der Waals surface area (Å²) >= 11 is 0. The third-order valence-corrected chi connectivity index (χ3v) is 2.63. The van der Waals surface area contributed by atoms with E-state index in [1.54, 1.807) is 12.1 Å². The number of hydrogen-bond acceptors (Lipinski definition) is 4. The van der Waals surface area contributed by atoms with Crippen LogP contribution in [0.15, 0.2) is 18.2 Å². The summed E-state index contributed by atoms with van der Waals surface area (Å²) in [6.07, 6.45) is 1.03. The number of nitro benzene ring substituents is 1. The van der Waals surface area contributed by atoms with Crippen LogP contribution in [-0.4, -0.2) is 18.6 Å². The lowest BCUT2D eigenvalue weighted by Gasteiger charge is -2.27. The van der Waals surface area contributed by atoms with Gasteiger partial charge in [-0.3, -0.25) is 10.1 Å². The molecule has 1 atom stereocenters. The van der Waals surface area contributed by atoms with Gasteiger partial charge in [0.1, 0.15) is 0 Å². The molecule has 1 aromatic carbocycles. The summed E-state index contributed by atoms with van der Waals surface area (Å²) in [6.45, 7) is 0.977. The second-order valence-electron chi connectivity index (χ2n) is 3.48. The molecule has 1 aliphatic heterocycles. The van der Waals surface area contributed by atoms with Crippen LogP contribution in [0.1, 0.15) is 18.0 Å². The summed E-state index contributed by atoms with van der Waals surface area (Å²) in [5, 5.41) is 14.0. The molecule has 1 heterocycles. The lowest BCUT2D eigenvalue weighted by Crippen LogP contribution is -2.34. The zero-order chi connectivity index (χ0) is 10.8. The Morgan fingerprint density at radius 2 is 2.25 bits per heavy atom. The van der Waals surface area contributed by atoms with E-state index in [2.05, 4.69) is 5.32 Å². The predicted molar refractivity (Wildman–Crippen MR) is 62.3 cm³/mol. The zero-order valence-corrected chi connectivity index (χ0v) is 9.62. The number of nitrogens with zero attached hydrogens (tertiary/aromatic N) is 1. The summed E-state index contributed by atoms with van der Waals surface area (Å²) < 4.78 is 4.93. The molecular formula is C10H13ClN2O3. The molecule has 0 aliphatic carbocycles. The van der Waals surface area contributed by atoms with Crippen molar-refractivity contribution >= 4 is 18.1 Å². The van der Waals surface area contributed by atoms with E-state index in [1.807, 2.05) is 6.07 Å². The average Bonchev–Trinajstić information content (AvgIpc) is 2.15. The minimum Gasteiger partial charge on any atom is -0.490 e. The molecule has 0 aromatic heterocycles. The molecule has 88 valence electrons. The minimum absolute atomic E-state index is 0. The topological polar surface area (TPSA) is 64.4 Å². The first-order valence-corrected chi connectivity index (χ1v) is 4.78. The van der Waals surface area contributed by atoms with E-state index in [9.17, 15) is 10.1 Å². The quantitative estimate of drug-likeness (QED) is 0.653. The van der Waals surface area contributed by atoms with E-state index in [4.69, 9.17) is 4.74 Å². The van der Waals surface area contributed by atoms with Crippen LogP contribution in [0.5, 0.6) is 5.75 Å². The molecule has 1 aliphatic rings. The number of hydrogen-bond donors (Lipinski definition) is 1. The second-order valence-corrected chi connectivity index (χ2v) is 3.48. The average molecular weight is 245 g/mol. The van der Waals surface area contributed by atoms with Crippen LogP contribution in [0, 0.1) is 10.1 Å². The SMILES string of the molecule is COc1ccc([C@H]2CCN2)cc1[N+](=O)[O-].Cl. The van der Waals surface area contributed by atoms with E-state index in [0.29, 0.717) is 5.75 Å². The Morgan fingerprint density at radius 3 is 2.69 bits per heavy atom. The van der Waals surface area contributed by atoms with Gasteiger partial charge in [0, 0.05) is 12.1 Å². The van der Waals surface area contributed by atoms with Crippen molar-refractivity contribution < 1.29 is 9.66 Å². The van der Waals surface area contributed by atoms with Gasteiger partial charge in [-0.2, -0.15) is 0 Å². The molecule has 0 radical (unpaired) electrons. The molecule has 6 heteroatoms. The Kier molecular flexibility index (Phi) is 4.09. The van der Waals surface area contributed by atoms with E-state index in [0.717, 1.165) is 18.5 Å². The van der Waals surface area contributed by atoms with Crippen LogP contribution in [0.2, 0.25) is 0 Å². The van der Waals surface area contributed by atoms with Crippen molar-refractivity contribution in [3.63, 3.8) is 0 Å². The lowest BCUT2D eigenvalue weighted by atomic mass is 9.97. The molecule has 16 heavy (non-hydrogen) atoms. The van der Waals surface area contributed by atoms with Gasteiger partial charge in [-0.05, 0) is 24.6 Å². The third-order valence-electron chi connectivity index (χ3n) is 2.63. The number of benzene rings is 1. The van der Waals surface area contributed by atoms with Gasteiger partial charge in [-0.1, -0.05) is 6.07 Å². The smallest absolute Gasteiger partial charge is 0.311 e. The van der Waals surface area contributed by atoms with Crippen LogP contribution in [0.4, 0.5) is 5.69 Å². The van der Waals surface area contributed by atoms with Gasteiger partial charge in [-0.15, -0.1) is 12.4 Å². The molecule has 1 N–H and O–H groups in total. The normalized spacial score (nSPS) is 18.2. The second kappa shape index (κ2) is 5.14. The van der Waals surface area contributed by atoms with Gasteiger partial charge >= 0.3 is 5.69 Å². The molecule has 0 amide bonds. The number of nitro groups is 1. The number of methoxy groups -OCH3 is 1. The molecule has 0 saturated carbocycles. The largest absolute Gasteiger partial charge is 0.490 e. The molecule has 5 nitrogen and oxygen atoms in total. The van der Waals surface area contributed by atoms with Crippen LogP contribution in [0.25, 0.3) is 0 Å². The molecule has 1 aromatic rings. The van der Waals surface area contributed by atoms with E-state index >= 15 is 0 Å². The minimum atomic E-state index is -0.416. The summed E-state index contributed by atoms with van der Waals surface area (Å²) in [4.78, 5) is 10.4. The molecule has 0 unspecified atom stereocenters. The number of halogens is 1. The maximum atomic E-state index is 10.8. The first kappa shape index (κ1) is 12.7. The highest BCUT2D eigenvalue weighted by Gasteiger charge is 2.22. The first-order valence-electron chi connectivity index (χ1n) is 4.78. The first-order chi connectivity index (χ1) is 7.22. The lowest BCUT2D eigenvalue weighted by molar-refractivity contribution is -0.385. The summed E-state index contributed by atoms with van der Waals surface area (Å²) in [6, 6.07) is 5.35. The van der Waals surface area contributed by atoms with Crippen molar-refractivity contribution in [1.29, 1.82) is 0 Å². The van der Waals surface area contributed by atoms with Crippen molar-refractivity contribution in [3.8, 4) is 5.75 Å². The van der Waals surface area contributed by atoms with Crippen LogP contribution in [-0.2, 0) is 0 Å². The van der Waals surface area contributed by atoms with Crippen LogP contribution in [0.3, 0.4) is 0 Å².